The van der Waals surface area contributed by atoms with Crippen LogP contribution in [0.2, 0.25) is 0 Å². The van der Waals surface area contributed by atoms with Gasteiger partial charge in [0.05, 0.1) is 4.90 Å². The number of benzene rings is 1. The van der Waals surface area contributed by atoms with E-state index in [0.717, 1.165) is 22.6 Å². The number of aliphatic imine (C=N–C) groups is 1. The van der Waals surface area contributed by atoms with Crippen molar-refractivity contribution in [3.05, 3.63) is 59.5 Å². The summed E-state index contributed by atoms with van der Waals surface area (Å²) >= 11 is 0. The van der Waals surface area contributed by atoms with Gasteiger partial charge in [0, 0.05) is 25.8 Å². The Morgan fingerprint density at radius 3 is 2.68 bits per heavy atom. The van der Waals surface area contributed by atoms with Crippen LogP contribution in [0.5, 0.6) is 0 Å². The highest BCUT2D eigenvalue weighted by Crippen LogP contribution is 2.16. The molecule has 0 aliphatic rings. The molecule has 168 valence electrons. The minimum Gasteiger partial charge on any atom is -0.357 e. The molecular formula is C20H28IN7O2S. The first-order valence-electron chi connectivity index (χ1n) is 9.78. The predicted octanol–water partition coefficient (Wildman–Crippen LogP) is 2.00. The van der Waals surface area contributed by atoms with E-state index in [9.17, 15) is 8.42 Å². The Balaban J connectivity index is 0.00000341. The number of nitrogens with one attached hydrogen (secondary N) is 3. The van der Waals surface area contributed by atoms with Gasteiger partial charge < -0.3 is 10.6 Å². The van der Waals surface area contributed by atoms with Crippen LogP contribution in [0.25, 0.3) is 5.65 Å². The van der Waals surface area contributed by atoms with Gasteiger partial charge in [-0.3, -0.25) is 4.40 Å². The van der Waals surface area contributed by atoms with E-state index in [1.165, 1.54) is 0 Å². The zero-order chi connectivity index (χ0) is 21.6. The molecule has 31 heavy (non-hydrogen) atoms. The van der Waals surface area contributed by atoms with Gasteiger partial charge in [-0.2, -0.15) is 0 Å². The van der Waals surface area contributed by atoms with E-state index in [4.69, 9.17) is 0 Å². The van der Waals surface area contributed by atoms with Gasteiger partial charge >= 0.3 is 0 Å². The third kappa shape index (κ3) is 6.61. The van der Waals surface area contributed by atoms with Crippen molar-refractivity contribution in [1.29, 1.82) is 0 Å². The molecule has 0 radical (unpaired) electrons. The average molecular weight is 557 g/mol. The molecule has 9 nitrogen and oxygen atoms in total. The van der Waals surface area contributed by atoms with Gasteiger partial charge in [0.2, 0.25) is 10.0 Å². The lowest BCUT2D eigenvalue weighted by atomic mass is 10.2. The van der Waals surface area contributed by atoms with E-state index in [0.29, 0.717) is 30.5 Å². The summed E-state index contributed by atoms with van der Waals surface area (Å²) in [6.45, 7) is 7.26. The van der Waals surface area contributed by atoms with Crippen molar-refractivity contribution in [3.8, 4) is 0 Å². The number of hydrogen-bond donors (Lipinski definition) is 3. The van der Waals surface area contributed by atoms with Crippen molar-refractivity contribution in [1.82, 2.24) is 30.0 Å². The lowest BCUT2D eigenvalue weighted by molar-refractivity contribution is 0.580. The summed E-state index contributed by atoms with van der Waals surface area (Å²) < 4.78 is 29.7. The van der Waals surface area contributed by atoms with Crippen LogP contribution in [-0.2, 0) is 16.6 Å². The van der Waals surface area contributed by atoms with Crippen LogP contribution in [0.1, 0.15) is 23.9 Å². The number of pyridine rings is 1. The quantitative estimate of drug-likeness (QED) is 0.169. The van der Waals surface area contributed by atoms with Crippen molar-refractivity contribution in [2.45, 2.75) is 32.2 Å². The van der Waals surface area contributed by atoms with Crippen LogP contribution in [0, 0.1) is 13.8 Å². The summed E-state index contributed by atoms with van der Waals surface area (Å²) in [6.07, 6.45) is 1.89. The van der Waals surface area contributed by atoms with Gasteiger partial charge in [-0.15, -0.1) is 34.2 Å². The molecule has 2 aromatic heterocycles. The van der Waals surface area contributed by atoms with Gasteiger partial charge in [0.25, 0.3) is 0 Å². The number of nitrogens with zero attached hydrogens (tertiary/aromatic N) is 4. The van der Waals surface area contributed by atoms with E-state index >= 15 is 0 Å². The number of hydrogen-bond acceptors (Lipinski definition) is 5. The molecule has 0 unspecified atom stereocenters. The van der Waals surface area contributed by atoms with Crippen LogP contribution < -0.4 is 15.4 Å². The summed E-state index contributed by atoms with van der Waals surface area (Å²) in [5, 5.41) is 14.6. The van der Waals surface area contributed by atoms with Crippen LogP contribution in [0.15, 0.2) is 52.5 Å². The van der Waals surface area contributed by atoms with Gasteiger partial charge in [0.15, 0.2) is 17.4 Å². The molecule has 3 rings (SSSR count). The number of aromatic nitrogens is 3. The summed E-state index contributed by atoms with van der Waals surface area (Å²) in [5.41, 5.74) is 2.39. The first kappa shape index (κ1) is 25.0. The molecule has 2 heterocycles. The maximum atomic E-state index is 12.6. The maximum absolute atomic E-state index is 12.6. The Bertz CT molecular complexity index is 1150. The largest absolute Gasteiger partial charge is 0.357 e. The number of guanidine groups is 1. The number of sulfonamides is 1. The van der Waals surface area contributed by atoms with E-state index in [1.54, 1.807) is 13.0 Å². The van der Waals surface area contributed by atoms with Gasteiger partial charge in [-0.05, 0) is 50.1 Å². The molecule has 3 N–H and O–H groups in total. The Labute approximate surface area is 199 Å². The molecular weight excluding hydrogens is 529 g/mol. The van der Waals surface area contributed by atoms with Crippen LogP contribution >= 0.6 is 24.0 Å². The second kappa shape index (κ2) is 11.4. The Morgan fingerprint density at radius 2 is 1.90 bits per heavy atom. The molecule has 0 bridgehead atoms. The summed E-state index contributed by atoms with van der Waals surface area (Å²) in [6, 6.07) is 11.1. The van der Waals surface area contributed by atoms with E-state index < -0.39 is 10.0 Å². The second-order valence-corrected chi connectivity index (χ2v) is 8.57. The number of fused-ring (bicyclic) bond motifs is 1. The fourth-order valence-electron chi connectivity index (χ4n) is 2.93. The second-order valence-electron chi connectivity index (χ2n) is 6.83. The van der Waals surface area contributed by atoms with E-state index in [2.05, 4.69) is 30.5 Å². The Hall–Kier alpha value is -2.25. The molecule has 0 spiro atoms. The minimum atomic E-state index is -3.57. The smallest absolute Gasteiger partial charge is 0.240 e. The minimum absolute atomic E-state index is 0. The molecule has 0 fully saturated rings. The fourth-order valence-corrected chi connectivity index (χ4v) is 4.29. The highest BCUT2D eigenvalue weighted by Gasteiger charge is 2.16. The SMILES string of the molecule is CCNC(=NCc1nnc2ccccn12)NCCNS(=O)(=O)c1cc(C)ccc1C.I. The lowest BCUT2D eigenvalue weighted by Gasteiger charge is -2.13. The first-order chi connectivity index (χ1) is 14.4. The molecule has 1 aromatic carbocycles. The van der Waals surface area contributed by atoms with Gasteiger partial charge in [-0.25, -0.2) is 18.1 Å². The van der Waals surface area contributed by atoms with E-state index in [1.807, 2.05) is 54.8 Å². The fraction of sp³-hybridized carbons (Fsp3) is 0.350. The molecule has 0 saturated carbocycles. The highest BCUT2D eigenvalue weighted by molar-refractivity contribution is 14.0. The van der Waals surface area contributed by atoms with Crippen molar-refractivity contribution in [3.63, 3.8) is 0 Å². The van der Waals surface area contributed by atoms with Crippen molar-refractivity contribution >= 4 is 45.6 Å². The molecule has 0 aliphatic carbocycles. The Kier molecular flexibility index (Phi) is 9.19. The average Bonchev–Trinajstić information content (AvgIpc) is 3.14. The normalized spacial score (nSPS) is 11.9. The van der Waals surface area contributed by atoms with Crippen LogP contribution in [-0.4, -0.2) is 48.6 Å². The highest BCUT2D eigenvalue weighted by atomic mass is 127. The molecule has 0 saturated heterocycles. The topological polar surface area (TPSA) is 113 Å². The number of rotatable bonds is 8. The third-order valence-electron chi connectivity index (χ3n) is 4.45. The van der Waals surface area contributed by atoms with Crippen molar-refractivity contribution in [2.24, 2.45) is 4.99 Å². The van der Waals surface area contributed by atoms with Gasteiger partial charge in [-0.1, -0.05) is 18.2 Å². The maximum Gasteiger partial charge on any atom is 0.240 e. The monoisotopic (exact) mass is 557 g/mol. The Morgan fingerprint density at radius 1 is 1.10 bits per heavy atom. The first-order valence-corrected chi connectivity index (χ1v) is 11.3. The number of aryl methyl sites for hydroxylation is 2. The molecule has 0 amide bonds. The van der Waals surface area contributed by atoms with Crippen molar-refractivity contribution in [2.75, 3.05) is 19.6 Å². The number of halogens is 1. The molecule has 3 aromatic rings. The summed E-state index contributed by atoms with van der Waals surface area (Å²) in [7, 11) is -3.57. The standard InChI is InChI=1S/C20H27N7O2S.HI/c1-4-21-20(23-14-19-26-25-18-7-5-6-12-27(18)19)22-10-11-24-30(28,29)17-13-15(2)8-9-16(17)3;/h5-9,12-13,24H,4,10-11,14H2,1-3H3,(H2,21,22,23);1H. The van der Waals surface area contributed by atoms with Crippen molar-refractivity contribution < 1.29 is 8.42 Å². The van der Waals surface area contributed by atoms with Gasteiger partial charge in [0.1, 0.15) is 6.54 Å². The molecule has 0 atom stereocenters. The summed E-state index contributed by atoms with van der Waals surface area (Å²) in [4.78, 5) is 4.82. The predicted molar refractivity (Wildman–Crippen MR) is 132 cm³/mol. The molecule has 0 aliphatic heterocycles. The van der Waals surface area contributed by atoms with Crippen LogP contribution in [0.3, 0.4) is 0 Å². The third-order valence-corrected chi connectivity index (χ3v) is 6.05. The lowest BCUT2D eigenvalue weighted by Crippen LogP contribution is -2.41. The zero-order valence-electron chi connectivity index (χ0n) is 17.8. The molecule has 11 heteroatoms. The van der Waals surface area contributed by atoms with E-state index in [-0.39, 0.29) is 30.5 Å². The summed E-state index contributed by atoms with van der Waals surface area (Å²) in [5.74, 6) is 1.30. The zero-order valence-corrected chi connectivity index (χ0v) is 20.9. The van der Waals surface area contributed by atoms with Crippen LogP contribution in [0.4, 0.5) is 0 Å².